The first-order valence-corrected chi connectivity index (χ1v) is 7.46. The lowest BCUT2D eigenvalue weighted by Crippen LogP contribution is -2.51. The van der Waals surface area contributed by atoms with Crippen molar-refractivity contribution in [1.82, 2.24) is 10.2 Å². The fourth-order valence-corrected chi connectivity index (χ4v) is 3.12. The van der Waals surface area contributed by atoms with Crippen LogP contribution < -0.4 is 5.32 Å². The lowest BCUT2D eigenvalue weighted by Gasteiger charge is -2.39. The van der Waals surface area contributed by atoms with Gasteiger partial charge in [-0.1, -0.05) is 18.5 Å². The van der Waals surface area contributed by atoms with Crippen molar-refractivity contribution >= 4 is 52.9 Å². The quantitative estimate of drug-likeness (QED) is 0.454. The van der Waals surface area contributed by atoms with E-state index in [1.165, 1.54) is 4.88 Å². The Kier molecular flexibility index (Phi) is 7.03. The van der Waals surface area contributed by atoms with E-state index in [2.05, 4.69) is 28.2 Å². The van der Waals surface area contributed by atoms with E-state index < -0.39 is 0 Å². The van der Waals surface area contributed by atoms with Gasteiger partial charge in [0.1, 0.15) is 0 Å². The molecule has 0 atom stereocenters. The van der Waals surface area contributed by atoms with E-state index in [0.29, 0.717) is 0 Å². The van der Waals surface area contributed by atoms with Crippen LogP contribution in [0.5, 0.6) is 0 Å². The van der Waals surface area contributed by atoms with E-state index in [1.807, 2.05) is 13.1 Å². The van der Waals surface area contributed by atoms with Crippen LogP contribution in [-0.2, 0) is 11.3 Å². The smallest absolute Gasteiger partial charge is 0.193 e. The Labute approximate surface area is 146 Å². The molecule has 0 aliphatic carbocycles. The molecule has 20 heavy (non-hydrogen) atoms. The van der Waals surface area contributed by atoms with Crippen LogP contribution in [0.25, 0.3) is 0 Å². The van der Waals surface area contributed by atoms with Gasteiger partial charge in [0.2, 0.25) is 0 Å². The van der Waals surface area contributed by atoms with E-state index in [9.17, 15) is 0 Å². The van der Waals surface area contributed by atoms with Gasteiger partial charge in [-0.05, 0) is 12.1 Å². The Morgan fingerprint density at radius 2 is 2.25 bits per heavy atom. The third kappa shape index (κ3) is 4.75. The number of thiophene rings is 1. The van der Waals surface area contributed by atoms with Crippen LogP contribution in [0.3, 0.4) is 0 Å². The highest BCUT2D eigenvalue weighted by molar-refractivity contribution is 14.0. The Morgan fingerprint density at radius 1 is 1.55 bits per heavy atom. The largest absolute Gasteiger partial charge is 0.380 e. The first-order chi connectivity index (χ1) is 9.02. The summed E-state index contributed by atoms with van der Waals surface area (Å²) >= 11 is 7.55. The molecule has 2 heterocycles. The van der Waals surface area contributed by atoms with Crippen molar-refractivity contribution in [3.63, 3.8) is 0 Å². The summed E-state index contributed by atoms with van der Waals surface area (Å²) in [6, 6.07) is 3.98. The highest BCUT2D eigenvalue weighted by Crippen LogP contribution is 2.25. The zero-order valence-electron chi connectivity index (χ0n) is 12.0. The van der Waals surface area contributed by atoms with E-state index in [1.54, 1.807) is 18.4 Å². The maximum absolute atomic E-state index is 5.94. The fourth-order valence-electron chi connectivity index (χ4n) is 1.98. The highest BCUT2D eigenvalue weighted by Gasteiger charge is 2.33. The molecule has 1 aromatic rings. The van der Waals surface area contributed by atoms with Crippen molar-refractivity contribution in [2.24, 2.45) is 10.4 Å². The minimum absolute atomic E-state index is 0. The van der Waals surface area contributed by atoms with Crippen molar-refractivity contribution < 1.29 is 4.74 Å². The number of ether oxygens (including phenoxy) is 1. The molecule has 1 aliphatic rings. The second kappa shape index (κ2) is 7.82. The number of halogens is 2. The van der Waals surface area contributed by atoms with Crippen LogP contribution in [0.15, 0.2) is 17.1 Å². The maximum Gasteiger partial charge on any atom is 0.193 e. The molecule has 0 spiro atoms. The molecule has 0 amide bonds. The third-order valence-electron chi connectivity index (χ3n) is 3.17. The van der Waals surface area contributed by atoms with Gasteiger partial charge in [0.05, 0.1) is 24.1 Å². The van der Waals surface area contributed by atoms with Crippen LogP contribution in [0.4, 0.5) is 0 Å². The zero-order chi connectivity index (χ0) is 13.9. The van der Waals surface area contributed by atoms with Gasteiger partial charge in [-0.2, -0.15) is 0 Å². The molecule has 0 bridgehead atoms. The zero-order valence-corrected chi connectivity index (χ0v) is 15.9. The summed E-state index contributed by atoms with van der Waals surface area (Å²) in [6.45, 7) is 5.55. The Morgan fingerprint density at radius 3 is 2.70 bits per heavy atom. The number of hydrogen-bond donors (Lipinski definition) is 1. The minimum Gasteiger partial charge on any atom is -0.380 e. The van der Waals surface area contributed by atoms with E-state index >= 15 is 0 Å². The van der Waals surface area contributed by atoms with E-state index in [-0.39, 0.29) is 29.4 Å². The fraction of sp³-hybridized carbons (Fsp3) is 0.615. The predicted molar refractivity (Wildman–Crippen MR) is 96.5 cm³/mol. The second-order valence-electron chi connectivity index (χ2n) is 5.27. The van der Waals surface area contributed by atoms with Crippen molar-refractivity contribution in [3.8, 4) is 0 Å². The first-order valence-electron chi connectivity index (χ1n) is 6.26. The maximum atomic E-state index is 5.94. The molecule has 4 nitrogen and oxygen atoms in total. The van der Waals surface area contributed by atoms with Crippen molar-refractivity contribution in [3.05, 3.63) is 21.3 Å². The molecule has 1 saturated heterocycles. The third-order valence-corrected chi connectivity index (χ3v) is 4.39. The topological polar surface area (TPSA) is 36.9 Å². The van der Waals surface area contributed by atoms with Gasteiger partial charge in [-0.15, -0.1) is 35.3 Å². The Hall–Kier alpha value is -0.0500. The average molecular weight is 430 g/mol. The number of rotatable bonds is 4. The van der Waals surface area contributed by atoms with Gasteiger partial charge in [0.25, 0.3) is 0 Å². The van der Waals surface area contributed by atoms with E-state index in [0.717, 1.165) is 36.6 Å². The molecule has 0 unspecified atom stereocenters. The van der Waals surface area contributed by atoms with Crippen LogP contribution in [0, 0.1) is 5.41 Å². The summed E-state index contributed by atoms with van der Waals surface area (Å²) in [6.07, 6.45) is 0. The van der Waals surface area contributed by atoms with Gasteiger partial charge in [0, 0.05) is 30.9 Å². The Balaban J connectivity index is 0.00000200. The van der Waals surface area contributed by atoms with Crippen molar-refractivity contribution in [1.29, 1.82) is 0 Å². The van der Waals surface area contributed by atoms with E-state index in [4.69, 9.17) is 16.3 Å². The molecule has 2 rings (SSSR count). The van der Waals surface area contributed by atoms with Crippen LogP contribution in [-0.4, -0.2) is 44.7 Å². The summed E-state index contributed by atoms with van der Waals surface area (Å²) in [4.78, 5) is 7.65. The standard InChI is InChI=1S/C13H20ClN3OS.HI/c1-13(8-18-9-13)7-16-12(15-2)17(3)6-10-4-5-11(14)19-10;/h4-5H,6-9H2,1-3H3,(H,15,16);1H. The van der Waals surface area contributed by atoms with Crippen molar-refractivity contribution in [2.45, 2.75) is 13.5 Å². The average Bonchev–Trinajstić information content (AvgIpc) is 2.73. The first kappa shape index (κ1) is 18.0. The number of guanidine groups is 1. The summed E-state index contributed by atoms with van der Waals surface area (Å²) in [5, 5.41) is 3.41. The number of nitrogens with one attached hydrogen (secondary N) is 1. The van der Waals surface area contributed by atoms with Crippen molar-refractivity contribution in [2.75, 3.05) is 33.9 Å². The molecule has 0 saturated carbocycles. The second-order valence-corrected chi connectivity index (χ2v) is 7.07. The number of nitrogens with zero attached hydrogens (tertiary/aromatic N) is 2. The molecular weight excluding hydrogens is 409 g/mol. The SMILES string of the molecule is CN=C(NCC1(C)COC1)N(C)Cc1ccc(Cl)s1.I. The van der Waals surface area contributed by atoms with Gasteiger partial charge >= 0.3 is 0 Å². The molecule has 1 N–H and O–H groups in total. The molecule has 1 fully saturated rings. The summed E-state index contributed by atoms with van der Waals surface area (Å²) in [5.41, 5.74) is 0.239. The van der Waals surface area contributed by atoms with Crippen LogP contribution in [0.2, 0.25) is 4.34 Å². The van der Waals surface area contributed by atoms with Gasteiger partial charge in [0.15, 0.2) is 5.96 Å². The highest BCUT2D eigenvalue weighted by atomic mass is 127. The molecule has 1 aliphatic heterocycles. The summed E-state index contributed by atoms with van der Waals surface area (Å²) in [5.74, 6) is 0.901. The summed E-state index contributed by atoms with van der Waals surface area (Å²) < 4.78 is 6.08. The van der Waals surface area contributed by atoms with Crippen LogP contribution >= 0.6 is 46.9 Å². The Bertz CT molecular complexity index is 462. The molecule has 0 radical (unpaired) electrons. The molecule has 114 valence electrons. The monoisotopic (exact) mass is 429 g/mol. The van der Waals surface area contributed by atoms with Gasteiger partial charge < -0.3 is 15.0 Å². The molecular formula is C13H21ClIN3OS. The van der Waals surface area contributed by atoms with Gasteiger partial charge in [-0.25, -0.2) is 0 Å². The number of aliphatic imine (C=N–C) groups is 1. The van der Waals surface area contributed by atoms with Crippen LogP contribution in [0.1, 0.15) is 11.8 Å². The number of hydrogen-bond acceptors (Lipinski definition) is 3. The molecule has 0 aromatic carbocycles. The lowest BCUT2D eigenvalue weighted by atomic mass is 9.89. The normalized spacial score (nSPS) is 17.1. The summed E-state index contributed by atoms with van der Waals surface area (Å²) in [7, 11) is 3.84. The predicted octanol–water partition coefficient (Wildman–Crippen LogP) is 3.06. The minimum atomic E-state index is 0. The lowest BCUT2D eigenvalue weighted by molar-refractivity contribution is -0.0972. The van der Waals surface area contributed by atoms with Gasteiger partial charge in [-0.3, -0.25) is 4.99 Å². The molecule has 7 heteroatoms. The molecule has 1 aromatic heterocycles.